The topological polar surface area (TPSA) is 69.9 Å². The number of nitrogens with one attached hydrogen (secondary N) is 1. The van der Waals surface area contributed by atoms with Crippen LogP contribution in [0.25, 0.3) is 4.85 Å². The van der Waals surface area contributed by atoms with Crippen LogP contribution in [0.1, 0.15) is 54.4 Å². The van der Waals surface area contributed by atoms with E-state index < -0.39 is 17.3 Å². The van der Waals surface area contributed by atoms with E-state index in [0.29, 0.717) is 29.8 Å². The third-order valence-electron chi connectivity index (χ3n) is 6.43. The molecule has 7 nitrogen and oxygen atoms in total. The van der Waals surface area contributed by atoms with Crippen LogP contribution in [0.5, 0.6) is 0 Å². The molecule has 170 valence electrons. The SMILES string of the molecule is [C-]#[N+]c1ncc(N2C(=O)C3(CCCCCC3)N(c3ccc(C(=O)NC)c(F)c3)C2=S)cc1C. The smallest absolute Gasteiger partial charge is 0.272 e. The molecule has 0 bridgehead atoms. The minimum atomic E-state index is -0.930. The molecule has 2 aliphatic rings. The van der Waals surface area contributed by atoms with Crippen molar-refractivity contribution in [3.05, 3.63) is 58.8 Å². The van der Waals surface area contributed by atoms with Crippen molar-refractivity contribution in [2.24, 2.45) is 0 Å². The number of aromatic nitrogens is 1. The number of nitrogens with zero attached hydrogens (tertiary/aromatic N) is 4. The van der Waals surface area contributed by atoms with Crippen LogP contribution in [0.2, 0.25) is 0 Å². The van der Waals surface area contributed by atoms with E-state index in [2.05, 4.69) is 15.1 Å². The molecule has 2 fully saturated rings. The fourth-order valence-electron chi connectivity index (χ4n) is 4.76. The average Bonchev–Trinajstić information content (AvgIpc) is 2.95. The van der Waals surface area contributed by atoms with Gasteiger partial charge in [0.25, 0.3) is 17.6 Å². The van der Waals surface area contributed by atoms with Crippen molar-refractivity contribution >= 4 is 46.3 Å². The van der Waals surface area contributed by atoms with Crippen molar-refractivity contribution < 1.29 is 14.0 Å². The minimum absolute atomic E-state index is 0.0704. The highest BCUT2D eigenvalue weighted by molar-refractivity contribution is 7.81. The number of thiocarbonyl (C=S) groups is 1. The molecular formula is C24H24FN5O2S. The number of benzene rings is 1. The van der Waals surface area contributed by atoms with E-state index in [-0.39, 0.29) is 22.4 Å². The summed E-state index contributed by atoms with van der Waals surface area (Å²) in [7, 11) is 1.44. The summed E-state index contributed by atoms with van der Waals surface area (Å²) in [5, 5.41) is 2.67. The second-order valence-electron chi connectivity index (χ2n) is 8.39. The molecule has 1 aliphatic heterocycles. The highest BCUT2D eigenvalue weighted by Gasteiger charge is 2.56. The Morgan fingerprint density at radius 1 is 1.21 bits per heavy atom. The number of anilines is 2. The summed E-state index contributed by atoms with van der Waals surface area (Å²) in [6, 6.07) is 6.05. The Bertz CT molecular complexity index is 1180. The molecule has 1 saturated heterocycles. The molecule has 2 heterocycles. The first-order valence-electron chi connectivity index (χ1n) is 10.9. The number of pyridine rings is 1. The zero-order valence-corrected chi connectivity index (χ0v) is 19.3. The second-order valence-corrected chi connectivity index (χ2v) is 8.76. The molecule has 4 rings (SSSR count). The van der Waals surface area contributed by atoms with Crippen LogP contribution in [-0.4, -0.2) is 34.5 Å². The Labute approximate surface area is 197 Å². The molecule has 1 aromatic carbocycles. The Hall–Kier alpha value is -3.38. The predicted octanol–water partition coefficient (Wildman–Crippen LogP) is 4.67. The van der Waals surface area contributed by atoms with Gasteiger partial charge in [-0.15, -0.1) is 4.98 Å². The van der Waals surface area contributed by atoms with Gasteiger partial charge in [0.05, 0.1) is 11.3 Å². The highest BCUT2D eigenvalue weighted by atomic mass is 32.1. The van der Waals surface area contributed by atoms with Gasteiger partial charge in [-0.3, -0.25) is 14.5 Å². The fraction of sp³-hybridized carbons (Fsp3) is 0.375. The molecule has 0 radical (unpaired) electrons. The van der Waals surface area contributed by atoms with Gasteiger partial charge in [-0.25, -0.2) is 4.39 Å². The van der Waals surface area contributed by atoms with Gasteiger partial charge in [0.15, 0.2) is 5.11 Å². The van der Waals surface area contributed by atoms with Gasteiger partial charge in [0.1, 0.15) is 17.6 Å². The number of rotatable bonds is 3. The van der Waals surface area contributed by atoms with E-state index in [1.54, 1.807) is 24.0 Å². The Morgan fingerprint density at radius 3 is 2.48 bits per heavy atom. The third-order valence-corrected chi connectivity index (χ3v) is 6.79. The van der Waals surface area contributed by atoms with Crippen LogP contribution in [-0.2, 0) is 4.79 Å². The lowest BCUT2D eigenvalue weighted by Crippen LogP contribution is -2.49. The number of halogens is 1. The van der Waals surface area contributed by atoms with E-state index in [1.807, 2.05) is 0 Å². The maximum absolute atomic E-state index is 14.9. The monoisotopic (exact) mass is 465 g/mol. The van der Waals surface area contributed by atoms with Crippen LogP contribution in [0, 0.1) is 19.3 Å². The van der Waals surface area contributed by atoms with Gasteiger partial charge in [0, 0.05) is 12.7 Å². The third kappa shape index (κ3) is 3.74. The number of hydrogen-bond donors (Lipinski definition) is 1. The quantitative estimate of drug-likeness (QED) is 0.527. The van der Waals surface area contributed by atoms with Crippen LogP contribution in [0.3, 0.4) is 0 Å². The molecule has 2 aromatic rings. The van der Waals surface area contributed by atoms with Gasteiger partial charge in [-0.2, -0.15) is 0 Å². The fourth-order valence-corrected chi connectivity index (χ4v) is 5.23. The summed E-state index contributed by atoms with van der Waals surface area (Å²) in [4.78, 5) is 36.7. The van der Waals surface area contributed by atoms with Crippen LogP contribution >= 0.6 is 12.2 Å². The van der Waals surface area contributed by atoms with Crippen molar-refractivity contribution in [3.8, 4) is 0 Å². The van der Waals surface area contributed by atoms with Gasteiger partial charge in [-0.05, 0) is 61.8 Å². The van der Waals surface area contributed by atoms with Gasteiger partial charge >= 0.3 is 0 Å². The van der Waals surface area contributed by atoms with E-state index in [1.165, 1.54) is 30.3 Å². The summed E-state index contributed by atoms with van der Waals surface area (Å²) >= 11 is 5.80. The molecule has 0 unspecified atom stereocenters. The largest absolute Gasteiger partial charge is 0.360 e. The Kier molecular flexibility index (Phi) is 6.13. The van der Waals surface area contributed by atoms with E-state index in [9.17, 15) is 14.0 Å². The summed E-state index contributed by atoms with van der Waals surface area (Å²) < 4.78 is 14.9. The number of carbonyl (C=O) groups excluding carboxylic acids is 2. The van der Waals surface area contributed by atoms with Crippen molar-refractivity contribution in [3.63, 3.8) is 0 Å². The standard InChI is InChI=1S/C24H24FN5O2S/c1-15-12-17(14-28-20(15)26-2)29-22(32)24(10-6-4-5-7-11-24)30(23(29)33)16-8-9-18(19(25)13-16)21(31)27-3/h8-9,12-14H,4-7,10-11H2,1,3H3,(H,27,31). The van der Waals surface area contributed by atoms with Crippen LogP contribution in [0.15, 0.2) is 30.5 Å². The Morgan fingerprint density at radius 2 is 1.91 bits per heavy atom. The normalized spacial score (nSPS) is 17.8. The van der Waals surface area contributed by atoms with E-state index in [4.69, 9.17) is 18.8 Å². The summed E-state index contributed by atoms with van der Waals surface area (Å²) in [5.74, 6) is -1.10. The molecular weight excluding hydrogens is 441 g/mol. The van der Waals surface area contributed by atoms with E-state index in [0.717, 1.165) is 25.7 Å². The molecule has 1 spiro atoms. The van der Waals surface area contributed by atoms with Crippen molar-refractivity contribution in [1.82, 2.24) is 10.3 Å². The summed E-state index contributed by atoms with van der Waals surface area (Å²) in [6.45, 7) is 9.00. The zero-order chi connectivity index (χ0) is 23.8. The number of hydrogen-bond acceptors (Lipinski definition) is 4. The lowest BCUT2D eigenvalue weighted by molar-refractivity contribution is -0.121. The van der Waals surface area contributed by atoms with Gasteiger partial charge in [0.2, 0.25) is 0 Å². The summed E-state index contributed by atoms with van der Waals surface area (Å²) in [5.41, 5.74) is 0.571. The lowest BCUT2D eigenvalue weighted by atomic mass is 9.88. The van der Waals surface area contributed by atoms with Crippen molar-refractivity contribution in [2.45, 2.75) is 51.0 Å². The number of amides is 2. The molecule has 2 amide bonds. The predicted molar refractivity (Wildman–Crippen MR) is 128 cm³/mol. The van der Waals surface area contributed by atoms with Crippen LogP contribution in [0.4, 0.5) is 21.6 Å². The van der Waals surface area contributed by atoms with Crippen molar-refractivity contribution in [2.75, 3.05) is 16.8 Å². The first-order chi connectivity index (χ1) is 15.8. The first kappa shape index (κ1) is 22.8. The zero-order valence-electron chi connectivity index (χ0n) is 18.5. The molecule has 1 N–H and O–H groups in total. The maximum Gasteiger partial charge on any atom is 0.272 e. The van der Waals surface area contributed by atoms with E-state index >= 15 is 0 Å². The number of aryl methyl sites for hydroxylation is 1. The number of carbonyl (C=O) groups is 2. The highest BCUT2D eigenvalue weighted by Crippen LogP contribution is 2.44. The molecule has 33 heavy (non-hydrogen) atoms. The van der Waals surface area contributed by atoms with Gasteiger partial charge in [-0.1, -0.05) is 32.3 Å². The Balaban J connectivity index is 1.84. The first-order valence-corrected chi connectivity index (χ1v) is 11.3. The molecule has 0 atom stereocenters. The molecule has 1 aromatic heterocycles. The maximum atomic E-state index is 14.9. The average molecular weight is 466 g/mol. The summed E-state index contributed by atoms with van der Waals surface area (Å²) in [6.07, 6.45) is 6.40. The minimum Gasteiger partial charge on any atom is -0.360 e. The van der Waals surface area contributed by atoms with Crippen LogP contribution < -0.4 is 15.1 Å². The molecule has 9 heteroatoms. The second kappa shape index (κ2) is 8.87. The molecule has 1 saturated carbocycles. The van der Waals surface area contributed by atoms with Crippen molar-refractivity contribution in [1.29, 1.82) is 0 Å². The molecule has 1 aliphatic carbocycles. The lowest BCUT2D eigenvalue weighted by Gasteiger charge is -2.35. The van der Waals surface area contributed by atoms with Gasteiger partial charge < -0.3 is 15.1 Å².